The van der Waals surface area contributed by atoms with Gasteiger partial charge in [0.05, 0.1) is 0 Å². The summed E-state index contributed by atoms with van der Waals surface area (Å²) in [6.45, 7) is 4.75. The van der Waals surface area contributed by atoms with Crippen molar-refractivity contribution in [2.45, 2.75) is 71.3 Å². The number of carbonyl (C=O) groups is 1. The van der Waals surface area contributed by atoms with Crippen LogP contribution in [-0.2, 0) is 4.79 Å². The molecule has 0 radical (unpaired) electrons. The van der Waals surface area contributed by atoms with E-state index >= 15 is 0 Å². The Hall–Kier alpha value is -0.790. The summed E-state index contributed by atoms with van der Waals surface area (Å²) in [5, 5.41) is 3.25. The monoisotopic (exact) mass is 261 g/mol. The number of carbonyl (C=O) groups excluding carboxylic acids is 1. The van der Waals surface area contributed by atoms with Gasteiger partial charge in [-0.25, -0.2) is 0 Å². The Kier molecular flexibility index (Phi) is 3.44. The van der Waals surface area contributed by atoms with Crippen LogP contribution in [0.2, 0.25) is 0 Å². The largest absolute Gasteiger partial charge is 0.353 e. The van der Waals surface area contributed by atoms with E-state index in [0.717, 1.165) is 5.92 Å². The molecule has 4 aliphatic carbocycles. The highest BCUT2D eigenvalue weighted by Crippen LogP contribution is 2.59. The summed E-state index contributed by atoms with van der Waals surface area (Å²) in [7, 11) is 0. The van der Waals surface area contributed by atoms with E-state index < -0.39 is 0 Å². The van der Waals surface area contributed by atoms with E-state index in [0.29, 0.717) is 23.8 Å². The number of amides is 1. The van der Waals surface area contributed by atoms with Crippen LogP contribution in [0.5, 0.6) is 0 Å². The molecule has 2 atom stereocenters. The van der Waals surface area contributed by atoms with E-state index in [-0.39, 0.29) is 5.91 Å². The molecule has 0 heterocycles. The van der Waals surface area contributed by atoms with Gasteiger partial charge < -0.3 is 5.32 Å². The van der Waals surface area contributed by atoms with Crippen LogP contribution in [0.25, 0.3) is 0 Å². The Morgan fingerprint density at radius 2 is 2.05 bits per heavy atom. The summed E-state index contributed by atoms with van der Waals surface area (Å²) < 4.78 is 0. The van der Waals surface area contributed by atoms with Gasteiger partial charge in [-0.05, 0) is 42.9 Å². The molecule has 1 N–H and O–H groups in total. The maximum atomic E-state index is 12.2. The average Bonchev–Trinajstić information content (AvgIpc) is 2.39. The highest BCUT2D eigenvalue weighted by Gasteiger charge is 2.51. The van der Waals surface area contributed by atoms with Crippen LogP contribution >= 0.6 is 0 Å². The quantitative estimate of drug-likeness (QED) is 0.769. The molecule has 1 amide bonds. The van der Waals surface area contributed by atoms with Crippen LogP contribution in [0.15, 0.2) is 11.6 Å². The molecule has 2 saturated carbocycles. The maximum absolute atomic E-state index is 12.2. The second kappa shape index (κ2) is 4.96. The van der Waals surface area contributed by atoms with E-state index in [1.54, 1.807) is 0 Å². The standard InChI is InChI=1S/C17H27NO/c1-17(2)13-9-8-12(15(17)11-13)10-16(19)18-14-6-4-3-5-7-14/h8,13-15H,3-7,9-11H2,1-2H3,(H,18,19). The topological polar surface area (TPSA) is 29.1 Å². The molecule has 2 fully saturated rings. The molecule has 0 aromatic rings. The zero-order valence-electron chi connectivity index (χ0n) is 12.4. The fourth-order valence-corrected chi connectivity index (χ4v) is 4.39. The predicted octanol–water partition coefficient (Wildman–Crippen LogP) is 3.82. The Balaban J connectivity index is 1.54. The summed E-state index contributed by atoms with van der Waals surface area (Å²) in [6, 6.07) is 0.451. The molecule has 2 unspecified atom stereocenters. The van der Waals surface area contributed by atoms with Gasteiger partial charge in [0, 0.05) is 12.5 Å². The second-order valence-corrected chi connectivity index (χ2v) is 7.40. The molecular formula is C17H27NO. The van der Waals surface area contributed by atoms with Crippen molar-refractivity contribution in [2.24, 2.45) is 17.3 Å². The summed E-state index contributed by atoms with van der Waals surface area (Å²) >= 11 is 0. The minimum absolute atomic E-state index is 0.263. The maximum Gasteiger partial charge on any atom is 0.224 e. The normalized spacial score (nSPS) is 33.3. The first-order chi connectivity index (χ1) is 9.07. The van der Waals surface area contributed by atoms with Crippen molar-refractivity contribution < 1.29 is 4.79 Å². The number of hydrogen-bond donors (Lipinski definition) is 1. The molecule has 4 aliphatic rings. The lowest BCUT2D eigenvalue weighted by atomic mass is 9.48. The molecule has 2 heteroatoms. The van der Waals surface area contributed by atoms with E-state index in [1.165, 1.54) is 50.5 Å². The van der Waals surface area contributed by atoms with Gasteiger partial charge in [-0.2, -0.15) is 0 Å². The number of nitrogens with one attached hydrogen (secondary N) is 1. The van der Waals surface area contributed by atoms with Crippen LogP contribution in [0.1, 0.15) is 65.2 Å². The minimum Gasteiger partial charge on any atom is -0.353 e. The molecule has 4 rings (SSSR count). The van der Waals surface area contributed by atoms with Crippen molar-refractivity contribution in [3.63, 3.8) is 0 Å². The Bertz CT molecular complexity index is 390. The van der Waals surface area contributed by atoms with Gasteiger partial charge in [-0.15, -0.1) is 0 Å². The van der Waals surface area contributed by atoms with Gasteiger partial charge in [0.15, 0.2) is 0 Å². The van der Waals surface area contributed by atoms with Gasteiger partial charge in [-0.1, -0.05) is 44.8 Å². The third kappa shape index (κ3) is 2.46. The van der Waals surface area contributed by atoms with Gasteiger partial charge in [0.1, 0.15) is 0 Å². The highest BCUT2D eigenvalue weighted by atomic mass is 16.1. The Morgan fingerprint density at radius 1 is 1.32 bits per heavy atom. The molecule has 2 nitrogen and oxygen atoms in total. The van der Waals surface area contributed by atoms with Crippen LogP contribution in [0.3, 0.4) is 0 Å². The number of fused-ring (bicyclic) bond motifs is 1. The van der Waals surface area contributed by atoms with E-state index in [4.69, 9.17) is 0 Å². The number of rotatable bonds is 3. The van der Waals surface area contributed by atoms with E-state index in [9.17, 15) is 4.79 Å². The van der Waals surface area contributed by atoms with Gasteiger partial charge in [0.25, 0.3) is 0 Å². The average molecular weight is 261 g/mol. The predicted molar refractivity (Wildman–Crippen MR) is 77.7 cm³/mol. The summed E-state index contributed by atoms with van der Waals surface area (Å²) in [5.74, 6) is 1.80. The smallest absolute Gasteiger partial charge is 0.224 e. The summed E-state index contributed by atoms with van der Waals surface area (Å²) in [5.41, 5.74) is 1.86. The van der Waals surface area contributed by atoms with Crippen molar-refractivity contribution in [1.29, 1.82) is 0 Å². The molecule has 0 saturated heterocycles. The number of hydrogen-bond acceptors (Lipinski definition) is 1. The van der Waals surface area contributed by atoms with Crippen molar-refractivity contribution in [3.8, 4) is 0 Å². The molecule has 0 aromatic heterocycles. The molecule has 0 aromatic carbocycles. The molecule has 2 bridgehead atoms. The van der Waals surface area contributed by atoms with Crippen LogP contribution in [0.4, 0.5) is 0 Å². The lowest BCUT2D eigenvalue weighted by molar-refractivity contribution is -0.122. The summed E-state index contributed by atoms with van der Waals surface area (Å²) in [4.78, 5) is 12.2. The van der Waals surface area contributed by atoms with Crippen LogP contribution in [-0.4, -0.2) is 11.9 Å². The highest BCUT2D eigenvalue weighted by molar-refractivity contribution is 5.79. The van der Waals surface area contributed by atoms with Crippen LogP contribution in [0, 0.1) is 17.3 Å². The summed E-state index contributed by atoms with van der Waals surface area (Å²) in [6.07, 6.45) is 11.8. The second-order valence-electron chi connectivity index (χ2n) is 7.40. The van der Waals surface area contributed by atoms with Crippen molar-refractivity contribution >= 4 is 5.91 Å². The van der Waals surface area contributed by atoms with E-state index in [2.05, 4.69) is 25.2 Å². The first kappa shape index (κ1) is 13.2. The van der Waals surface area contributed by atoms with Crippen molar-refractivity contribution in [2.75, 3.05) is 0 Å². The van der Waals surface area contributed by atoms with E-state index in [1.807, 2.05) is 0 Å². The van der Waals surface area contributed by atoms with Gasteiger partial charge in [-0.3, -0.25) is 4.79 Å². The zero-order chi connectivity index (χ0) is 13.5. The Labute approximate surface area is 117 Å². The first-order valence-corrected chi connectivity index (χ1v) is 8.05. The third-order valence-corrected chi connectivity index (χ3v) is 5.92. The third-order valence-electron chi connectivity index (χ3n) is 5.92. The molecule has 0 spiro atoms. The lowest BCUT2D eigenvalue weighted by Gasteiger charge is -2.56. The molecule has 19 heavy (non-hydrogen) atoms. The minimum atomic E-state index is 0.263. The van der Waals surface area contributed by atoms with Crippen molar-refractivity contribution in [3.05, 3.63) is 11.6 Å². The fourth-order valence-electron chi connectivity index (χ4n) is 4.39. The van der Waals surface area contributed by atoms with Crippen LogP contribution < -0.4 is 5.32 Å². The van der Waals surface area contributed by atoms with Gasteiger partial charge >= 0.3 is 0 Å². The first-order valence-electron chi connectivity index (χ1n) is 8.05. The molecular weight excluding hydrogens is 234 g/mol. The SMILES string of the molecule is CC1(C)C2CC=C(CC(=O)NC3CCCCC3)C1C2. The zero-order valence-corrected chi connectivity index (χ0v) is 12.4. The number of allylic oxidation sites excluding steroid dienone is 1. The van der Waals surface area contributed by atoms with Gasteiger partial charge in [0.2, 0.25) is 5.91 Å². The lowest BCUT2D eigenvalue weighted by Crippen LogP contribution is -2.49. The molecule has 0 aliphatic heterocycles. The fraction of sp³-hybridized carbons (Fsp3) is 0.824. The van der Waals surface area contributed by atoms with Crippen molar-refractivity contribution in [1.82, 2.24) is 5.32 Å². The Morgan fingerprint density at radius 3 is 2.68 bits per heavy atom. The molecule has 106 valence electrons.